The molecule has 28 heavy (non-hydrogen) atoms. The number of aliphatic hydroxyl groups is 1. The molecule has 0 heterocycles. The van der Waals surface area contributed by atoms with Gasteiger partial charge in [0, 0.05) is 0 Å². The van der Waals surface area contributed by atoms with E-state index >= 15 is 0 Å². The molecule has 0 spiro atoms. The van der Waals surface area contributed by atoms with Gasteiger partial charge < -0.3 is 30.5 Å². The highest BCUT2D eigenvalue weighted by atomic mass is 31.2. The largest absolute Gasteiger partial charge is 0.756 e. The molecule has 0 saturated carbocycles. The Hall–Kier alpha value is -0.270. The van der Waals surface area contributed by atoms with Crippen LogP contribution >= 0.6 is 7.82 Å². The highest BCUT2D eigenvalue weighted by Crippen LogP contribution is 2.37. The lowest BCUT2D eigenvalue weighted by molar-refractivity contribution is -0.373. The summed E-state index contributed by atoms with van der Waals surface area (Å²) in [6.45, 7) is 2.22. The first kappa shape index (κ1) is 27.7. The van der Waals surface area contributed by atoms with Gasteiger partial charge in [-0.05, 0) is 12.8 Å². The third-order valence-electron chi connectivity index (χ3n) is 4.57. The van der Waals surface area contributed by atoms with Crippen LogP contribution in [-0.4, -0.2) is 37.0 Å². The minimum absolute atomic E-state index is 0.0303. The molecule has 0 aromatic heterocycles. The molecule has 1 unspecified atom stereocenters. The van der Waals surface area contributed by atoms with Crippen LogP contribution in [0.15, 0.2) is 12.2 Å². The molecule has 8 heteroatoms. The lowest BCUT2D eigenvalue weighted by atomic mass is 10.0. The van der Waals surface area contributed by atoms with E-state index in [4.69, 9.17) is 5.73 Å². The minimum Gasteiger partial charge on any atom is -0.756 e. The summed E-state index contributed by atoms with van der Waals surface area (Å²) in [6.07, 6.45) is 17.8. The predicted molar refractivity (Wildman–Crippen MR) is 111 cm³/mol. The van der Waals surface area contributed by atoms with Gasteiger partial charge in [-0.15, -0.1) is 0 Å². The Morgan fingerprint density at radius 1 is 1.04 bits per heavy atom. The first-order valence-corrected chi connectivity index (χ1v) is 12.4. The van der Waals surface area contributed by atoms with Gasteiger partial charge in [0.25, 0.3) is 7.82 Å². The summed E-state index contributed by atoms with van der Waals surface area (Å²) in [5.41, 5.74) is 9.23. The van der Waals surface area contributed by atoms with Crippen LogP contribution in [0, 0.1) is 0 Å². The van der Waals surface area contributed by atoms with Gasteiger partial charge >= 0.3 is 0 Å². The smallest absolute Gasteiger partial charge is 0.268 e. The van der Waals surface area contributed by atoms with Crippen LogP contribution in [0.1, 0.15) is 84.0 Å². The molecule has 0 radical (unpaired) electrons. The number of rotatable bonds is 20. The second-order valence-corrected chi connectivity index (χ2v) is 8.75. The van der Waals surface area contributed by atoms with Gasteiger partial charge in [-0.3, -0.25) is 4.57 Å². The fourth-order valence-electron chi connectivity index (χ4n) is 2.79. The van der Waals surface area contributed by atoms with Gasteiger partial charge in [-0.25, -0.2) is 0 Å². The molecule has 0 aromatic carbocycles. The van der Waals surface area contributed by atoms with Gasteiger partial charge in [0.15, 0.2) is 0 Å². The fraction of sp³-hybridized carbons (Fsp3) is 0.900. The summed E-state index contributed by atoms with van der Waals surface area (Å²) in [5, 5.41) is 9.93. The molecule has 6 N–H and O–H groups in total. The topological polar surface area (TPSA) is 132 Å². The zero-order valence-corrected chi connectivity index (χ0v) is 18.6. The van der Waals surface area contributed by atoms with Crippen molar-refractivity contribution in [3.8, 4) is 0 Å². The van der Waals surface area contributed by atoms with Crippen molar-refractivity contribution in [3.63, 3.8) is 0 Å². The summed E-state index contributed by atoms with van der Waals surface area (Å²) in [7, 11) is -4.37. The van der Waals surface area contributed by atoms with Gasteiger partial charge in [-0.2, -0.15) is 0 Å². The van der Waals surface area contributed by atoms with E-state index < -0.39 is 20.0 Å². The number of aliphatic hydroxyl groups excluding tert-OH is 1. The molecule has 0 amide bonds. The Bertz CT molecular complexity index is 423. The van der Waals surface area contributed by atoms with Crippen LogP contribution in [0.5, 0.6) is 0 Å². The zero-order chi connectivity index (χ0) is 21.1. The molecule has 0 aromatic rings. The molecule has 0 bridgehead atoms. The molecule has 0 aliphatic rings. The van der Waals surface area contributed by atoms with Crippen molar-refractivity contribution in [1.29, 1.82) is 0 Å². The van der Waals surface area contributed by atoms with E-state index in [0.717, 1.165) is 12.8 Å². The molecule has 7 nitrogen and oxygen atoms in total. The normalized spacial score (nSPS) is 16.3. The third-order valence-corrected chi connectivity index (χ3v) is 5.53. The molecule has 3 atom stereocenters. The third kappa shape index (κ3) is 17.8. The van der Waals surface area contributed by atoms with E-state index in [9.17, 15) is 14.6 Å². The van der Waals surface area contributed by atoms with E-state index in [0.29, 0.717) is 6.54 Å². The van der Waals surface area contributed by atoms with Crippen molar-refractivity contribution in [2.24, 2.45) is 5.73 Å². The van der Waals surface area contributed by atoms with Gasteiger partial charge in [-0.1, -0.05) is 83.3 Å². The molecule has 0 rings (SSSR count). The monoisotopic (exact) mass is 422 g/mol. The van der Waals surface area contributed by atoms with E-state index in [1.54, 1.807) is 6.08 Å². The maximum atomic E-state index is 11.4. The summed E-state index contributed by atoms with van der Waals surface area (Å²) in [4.78, 5) is 11.4. The lowest BCUT2D eigenvalue weighted by Gasteiger charge is -2.24. The SMILES string of the molecule is CCCCCCCCCCCCC/C=C/[C@@H](O)[C@@H](N)COP(=O)([O-])OCC[NH3+]. The number of nitrogens with two attached hydrogens (primary N) is 1. The molecule has 0 fully saturated rings. The highest BCUT2D eigenvalue weighted by Gasteiger charge is 2.16. The predicted octanol–water partition coefficient (Wildman–Crippen LogP) is 2.68. The Morgan fingerprint density at radius 2 is 1.57 bits per heavy atom. The van der Waals surface area contributed by atoms with E-state index in [1.165, 1.54) is 64.2 Å². The Labute approximate surface area is 171 Å². The molecule has 0 aliphatic carbocycles. The van der Waals surface area contributed by atoms with Crippen molar-refractivity contribution in [2.75, 3.05) is 19.8 Å². The minimum atomic E-state index is -4.37. The summed E-state index contributed by atoms with van der Waals surface area (Å²) < 4.78 is 20.6. The molecular formula is C20H43N2O5P. The second kappa shape index (κ2) is 18.7. The van der Waals surface area contributed by atoms with Gasteiger partial charge in [0.2, 0.25) is 0 Å². The number of hydrogen-bond acceptors (Lipinski definition) is 6. The van der Waals surface area contributed by atoms with Crippen LogP contribution in [0.3, 0.4) is 0 Å². The Kier molecular flexibility index (Phi) is 18.6. The van der Waals surface area contributed by atoms with Crippen LogP contribution in [0.4, 0.5) is 0 Å². The fourth-order valence-corrected chi connectivity index (χ4v) is 3.58. The number of phosphoric ester groups is 1. The first-order chi connectivity index (χ1) is 13.4. The number of quaternary nitrogens is 1. The van der Waals surface area contributed by atoms with Crippen LogP contribution < -0.4 is 16.4 Å². The highest BCUT2D eigenvalue weighted by molar-refractivity contribution is 7.45. The average molecular weight is 423 g/mol. The van der Waals surface area contributed by atoms with Crippen molar-refractivity contribution in [2.45, 2.75) is 96.1 Å². The molecule has 168 valence electrons. The average Bonchev–Trinajstić information content (AvgIpc) is 2.68. The van der Waals surface area contributed by atoms with Crippen molar-refractivity contribution < 1.29 is 29.3 Å². The maximum Gasteiger partial charge on any atom is 0.268 e. The van der Waals surface area contributed by atoms with Gasteiger partial charge in [0.05, 0.1) is 25.3 Å². The Morgan fingerprint density at radius 3 is 2.11 bits per heavy atom. The number of phosphoric acid groups is 1. The Balaban J connectivity index is 3.61. The quantitative estimate of drug-likeness (QED) is 0.157. The van der Waals surface area contributed by atoms with Crippen LogP contribution in [0.25, 0.3) is 0 Å². The van der Waals surface area contributed by atoms with E-state index in [-0.39, 0.29) is 13.2 Å². The van der Waals surface area contributed by atoms with Crippen molar-refractivity contribution in [3.05, 3.63) is 12.2 Å². The number of unbranched alkanes of at least 4 members (excludes halogenated alkanes) is 11. The van der Waals surface area contributed by atoms with E-state index in [1.807, 2.05) is 6.08 Å². The van der Waals surface area contributed by atoms with Crippen molar-refractivity contribution in [1.82, 2.24) is 0 Å². The standard InChI is InChI=1S/C20H43N2O5P/c1-2-3-4-5-6-7-8-9-10-11-12-13-14-15-20(23)19(22)18-27-28(24,25)26-17-16-21/h14-15,19-20,23H,2-13,16-18,21-22H2,1H3,(H,24,25)/b15-14+/t19-,20+/m0/s1. The van der Waals surface area contributed by atoms with E-state index in [2.05, 4.69) is 21.7 Å². The van der Waals surface area contributed by atoms with Crippen LogP contribution in [0.2, 0.25) is 0 Å². The zero-order valence-electron chi connectivity index (χ0n) is 17.7. The number of hydrogen-bond donors (Lipinski definition) is 3. The summed E-state index contributed by atoms with van der Waals surface area (Å²) in [6, 6.07) is -0.820. The molecule has 0 saturated heterocycles. The summed E-state index contributed by atoms with van der Waals surface area (Å²) >= 11 is 0. The lowest BCUT2D eigenvalue weighted by Crippen LogP contribution is -2.52. The maximum absolute atomic E-state index is 11.4. The first-order valence-electron chi connectivity index (χ1n) is 10.9. The van der Waals surface area contributed by atoms with Crippen LogP contribution in [-0.2, 0) is 13.6 Å². The van der Waals surface area contributed by atoms with Gasteiger partial charge in [0.1, 0.15) is 6.61 Å². The van der Waals surface area contributed by atoms with Crippen molar-refractivity contribution >= 4 is 7.82 Å². The molecular weight excluding hydrogens is 379 g/mol. The molecule has 0 aliphatic heterocycles. The second-order valence-electron chi connectivity index (χ2n) is 7.34. The number of allylic oxidation sites excluding steroid dienone is 1. The summed E-state index contributed by atoms with van der Waals surface area (Å²) in [5.74, 6) is 0.